The van der Waals surface area contributed by atoms with E-state index in [1.165, 1.54) is 42.6 Å². The van der Waals surface area contributed by atoms with Crippen molar-refractivity contribution in [3.05, 3.63) is 71.0 Å². The second kappa shape index (κ2) is 8.55. The second-order valence-electron chi connectivity index (χ2n) is 6.13. The van der Waals surface area contributed by atoms with Crippen molar-refractivity contribution >= 4 is 23.5 Å². The monoisotopic (exact) mass is 416 g/mol. The predicted molar refractivity (Wildman–Crippen MR) is 102 cm³/mol. The molecule has 1 amide bonds. The Morgan fingerprint density at radius 1 is 1.13 bits per heavy atom. The highest BCUT2D eigenvalue weighted by Gasteiger charge is 2.30. The molecule has 1 aromatic heterocycles. The van der Waals surface area contributed by atoms with Crippen LogP contribution >= 0.6 is 0 Å². The normalized spacial score (nSPS) is 12.0. The number of aromatic hydroxyl groups is 1. The SMILES string of the molecule is Cc1cc(C(=O)N/N=C\c2cc(N=Nc3cccc(C(F)(F)F)c3)ccc2O)n[nH]1. The number of aromatic amines is 1. The van der Waals surface area contributed by atoms with Gasteiger partial charge in [-0.3, -0.25) is 9.89 Å². The van der Waals surface area contributed by atoms with Crippen LogP contribution in [0.5, 0.6) is 5.75 Å². The Hall–Kier alpha value is -4.02. The summed E-state index contributed by atoms with van der Waals surface area (Å²) in [5.41, 5.74) is 2.79. The van der Waals surface area contributed by atoms with Gasteiger partial charge >= 0.3 is 6.18 Å². The average molecular weight is 416 g/mol. The topological polar surface area (TPSA) is 115 Å². The van der Waals surface area contributed by atoms with Gasteiger partial charge in [0.15, 0.2) is 5.69 Å². The molecule has 0 bridgehead atoms. The molecule has 8 nitrogen and oxygen atoms in total. The maximum Gasteiger partial charge on any atom is 0.416 e. The molecule has 154 valence electrons. The van der Waals surface area contributed by atoms with Crippen LogP contribution in [0.1, 0.15) is 27.3 Å². The Balaban J connectivity index is 1.72. The summed E-state index contributed by atoms with van der Waals surface area (Å²) in [6.07, 6.45) is -3.29. The number of phenolic OH excluding ortho intramolecular Hbond substituents is 1. The number of hydrogen-bond acceptors (Lipinski definition) is 6. The molecule has 0 aliphatic carbocycles. The number of amides is 1. The summed E-state index contributed by atoms with van der Waals surface area (Å²) in [5, 5.41) is 27.7. The van der Waals surface area contributed by atoms with Crippen molar-refractivity contribution in [2.75, 3.05) is 0 Å². The zero-order valence-corrected chi connectivity index (χ0v) is 15.5. The number of phenols is 1. The van der Waals surface area contributed by atoms with Gasteiger partial charge in [0, 0.05) is 11.3 Å². The van der Waals surface area contributed by atoms with E-state index >= 15 is 0 Å². The van der Waals surface area contributed by atoms with Crippen LogP contribution in [0.2, 0.25) is 0 Å². The highest BCUT2D eigenvalue weighted by Crippen LogP contribution is 2.32. The molecular weight excluding hydrogens is 401 g/mol. The van der Waals surface area contributed by atoms with E-state index in [1.54, 1.807) is 6.92 Å². The molecule has 0 spiro atoms. The molecule has 0 saturated heterocycles. The molecule has 3 N–H and O–H groups in total. The van der Waals surface area contributed by atoms with E-state index < -0.39 is 17.6 Å². The van der Waals surface area contributed by atoms with Crippen LogP contribution in [0.3, 0.4) is 0 Å². The number of halogens is 3. The molecule has 0 atom stereocenters. The lowest BCUT2D eigenvalue weighted by Crippen LogP contribution is -2.18. The zero-order valence-electron chi connectivity index (χ0n) is 15.5. The van der Waals surface area contributed by atoms with E-state index in [0.717, 1.165) is 12.1 Å². The van der Waals surface area contributed by atoms with Gasteiger partial charge < -0.3 is 5.11 Å². The molecule has 0 fully saturated rings. The third-order valence-corrected chi connectivity index (χ3v) is 3.77. The van der Waals surface area contributed by atoms with Gasteiger partial charge in [-0.15, -0.1) is 0 Å². The van der Waals surface area contributed by atoms with E-state index in [0.29, 0.717) is 5.69 Å². The van der Waals surface area contributed by atoms with Crippen molar-refractivity contribution in [2.24, 2.45) is 15.3 Å². The smallest absolute Gasteiger partial charge is 0.416 e. The number of rotatable bonds is 5. The van der Waals surface area contributed by atoms with Gasteiger partial charge in [0.05, 0.1) is 23.2 Å². The van der Waals surface area contributed by atoms with Crippen molar-refractivity contribution in [1.29, 1.82) is 0 Å². The summed E-state index contributed by atoms with van der Waals surface area (Å²) in [7, 11) is 0. The van der Waals surface area contributed by atoms with E-state index in [9.17, 15) is 23.1 Å². The van der Waals surface area contributed by atoms with Gasteiger partial charge in [0.1, 0.15) is 5.75 Å². The van der Waals surface area contributed by atoms with Gasteiger partial charge in [-0.2, -0.15) is 33.6 Å². The lowest BCUT2D eigenvalue weighted by atomic mass is 10.2. The zero-order chi connectivity index (χ0) is 21.7. The van der Waals surface area contributed by atoms with Crippen LogP contribution in [0, 0.1) is 6.92 Å². The van der Waals surface area contributed by atoms with Crippen molar-refractivity contribution in [3.8, 4) is 5.75 Å². The summed E-state index contributed by atoms with van der Waals surface area (Å²) in [5.74, 6) is -0.683. The second-order valence-corrected chi connectivity index (χ2v) is 6.13. The number of H-pyrrole nitrogens is 1. The quantitative estimate of drug-likeness (QED) is 0.320. The average Bonchev–Trinajstić information content (AvgIpc) is 3.14. The summed E-state index contributed by atoms with van der Waals surface area (Å²) < 4.78 is 38.3. The van der Waals surface area contributed by atoms with Gasteiger partial charge in [0.2, 0.25) is 0 Å². The third-order valence-electron chi connectivity index (χ3n) is 3.77. The minimum Gasteiger partial charge on any atom is -0.507 e. The first kappa shape index (κ1) is 20.7. The Morgan fingerprint density at radius 3 is 2.53 bits per heavy atom. The molecule has 0 unspecified atom stereocenters. The van der Waals surface area contributed by atoms with Crippen molar-refractivity contribution in [3.63, 3.8) is 0 Å². The summed E-state index contributed by atoms with van der Waals surface area (Å²) >= 11 is 0. The molecular formula is C19H15F3N6O2. The number of nitrogens with one attached hydrogen (secondary N) is 2. The lowest BCUT2D eigenvalue weighted by Gasteiger charge is -2.06. The number of hydrazone groups is 1. The van der Waals surface area contributed by atoms with E-state index in [-0.39, 0.29) is 28.4 Å². The molecule has 0 aliphatic heterocycles. The van der Waals surface area contributed by atoms with Gasteiger partial charge in [-0.1, -0.05) is 6.07 Å². The van der Waals surface area contributed by atoms with Crippen LogP contribution < -0.4 is 5.43 Å². The Bertz CT molecular complexity index is 1120. The van der Waals surface area contributed by atoms with E-state index in [4.69, 9.17) is 0 Å². The minimum absolute atomic E-state index is 0.0228. The van der Waals surface area contributed by atoms with Crippen LogP contribution in [-0.4, -0.2) is 27.4 Å². The van der Waals surface area contributed by atoms with Crippen LogP contribution in [0.4, 0.5) is 24.5 Å². The minimum atomic E-state index is -4.48. The maximum atomic E-state index is 12.8. The number of azo groups is 1. The Labute approximate surface area is 168 Å². The van der Waals surface area contributed by atoms with Crippen molar-refractivity contribution < 1.29 is 23.1 Å². The van der Waals surface area contributed by atoms with Crippen molar-refractivity contribution in [1.82, 2.24) is 15.6 Å². The number of aryl methyl sites for hydroxylation is 1. The van der Waals surface area contributed by atoms with Gasteiger partial charge in [0.25, 0.3) is 5.91 Å². The molecule has 0 saturated carbocycles. The number of hydrogen-bond donors (Lipinski definition) is 3. The van der Waals surface area contributed by atoms with Gasteiger partial charge in [-0.25, -0.2) is 5.43 Å². The molecule has 3 aromatic rings. The molecule has 2 aromatic carbocycles. The third kappa shape index (κ3) is 5.28. The fraction of sp³-hybridized carbons (Fsp3) is 0.105. The fourth-order valence-corrected chi connectivity index (χ4v) is 2.32. The van der Waals surface area contributed by atoms with E-state index in [2.05, 4.69) is 31.0 Å². The number of carbonyl (C=O) groups is 1. The van der Waals surface area contributed by atoms with Crippen molar-refractivity contribution in [2.45, 2.75) is 13.1 Å². The first-order valence-corrected chi connectivity index (χ1v) is 8.50. The first-order chi connectivity index (χ1) is 14.2. The molecule has 0 aliphatic rings. The highest BCUT2D eigenvalue weighted by molar-refractivity contribution is 5.93. The summed E-state index contributed by atoms with van der Waals surface area (Å²) in [6.45, 7) is 1.74. The summed E-state index contributed by atoms with van der Waals surface area (Å²) in [4.78, 5) is 11.9. The number of nitrogens with zero attached hydrogens (tertiary/aromatic N) is 4. The highest BCUT2D eigenvalue weighted by atomic mass is 19.4. The Morgan fingerprint density at radius 2 is 1.87 bits per heavy atom. The first-order valence-electron chi connectivity index (χ1n) is 8.50. The number of alkyl halides is 3. The predicted octanol–water partition coefficient (Wildman–Crippen LogP) is 4.62. The molecule has 1 heterocycles. The van der Waals surface area contributed by atoms with Crippen LogP contribution in [0.25, 0.3) is 0 Å². The number of carbonyl (C=O) groups excluding carboxylic acids is 1. The fourth-order valence-electron chi connectivity index (χ4n) is 2.32. The molecule has 0 radical (unpaired) electrons. The molecule has 3 rings (SSSR count). The standard InChI is InChI=1S/C19H15F3N6O2/c1-11-7-16(27-24-11)18(30)28-23-10-12-8-15(5-6-17(12)29)26-25-14-4-2-3-13(9-14)19(20,21)22/h2-10,29H,1H3,(H,24,27)(H,28,30)/b23-10-,26-25?. The van der Waals surface area contributed by atoms with E-state index in [1.807, 2.05) is 0 Å². The van der Waals surface area contributed by atoms with Crippen LogP contribution in [-0.2, 0) is 6.18 Å². The molecule has 30 heavy (non-hydrogen) atoms. The largest absolute Gasteiger partial charge is 0.507 e. The lowest BCUT2D eigenvalue weighted by molar-refractivity contribution is -0.137. The number of benzene rings is 2. The number of aromatic nitrogens is 2. The van der Waals surface area contributed by atoms with Crippen LogP contribution in [0.15, 0.2) is 63.9 Å². The summed E-state index contributed by atoms with van der Waals surface area (Å²) in [6, 6.07) is 10.1. The maximum absolute atomic E-state index is 12.8. The molecule has 11 heteroatoms. The Kier molecular flexibility index (Phi) is 5.90. The van der Waals surface area contributed by atoms with Gasteiger partial charge in [-0.05, 0) is 49.4 Å².